The van der Waals surface area contributed by atoms with Crippen molar-refractivity contribution in [1.29, 1.82) is 0 Å². The van der Waals surface area contributed by atoms with Crippen LogP contribution < -0.4 is 0 Å². The summed E-state index contributed by atoms with van der Waals surface area (Å²) in [5, 5.41) is 0. The van der Waals surface area contributed by atoms with Crippen molar-refractivity contribution in [3.05, 3.63) is 0 Å². The Kier molecular flexibility index (Phi) is 4.85. The van der Waals surface area contributed by atoms with E-state index in [4.69, 9.17) is 0 Å². The van der Waals surface area contributed by atoms with Crippen LogP contribution in [0.3, 0.4) is 0 Å². The summed E-state index contributed by atoms with van der Waals surface area (Å²) >= 11 is 0. The van der Waals surface area contributed by atoms with Gasteiger partial charge < -0.3 is 0 Å². The smallest absolute Gasteiger partial charge is 0.0794 e. The Morgan fingerprint density at radius 1 is 1.50 bits per heavy atom. The van der Waals surface area contributed by atoms with Crippen LogP contribution >= 0.6 is 0 Å². The maximum Gasteiger partial charge on any atom is 0.0794 e. The first kappa shape index (κ1) is 5.92. The Morgan fingerprint density at radius 2 is 2.17 bits per heavy atom. The molecule has 0 radical (unpaired) electrons. The third kappa shape index (κ3) is 3.92. The highest BCUT2D eigenvalue weighted by Gasteiger charge is 1.71. The van der Waals surface area contributed by atoms with E-state index < -0.39 is 0 Å². The zero-order valence-electron chi connectivity index (χ0n) is 4.23. The van der Waals surface area contributed by atoms with Gasteiger partial charge in [-0.1, -0.05) is 0 Å². The van der Waals surface area contributed by atoms with Crippen LogP contribution in [0.25, 0.3) is 0 Å². The summed E-state index contributed by atoms with van der Waals surface area (Å²) in [5.41, 5.74) is 0. The first-order chi connectivity index (χ1) is 2.91. The van der Waals surface area contributed by atoms with Gasteiger partial charge in [0.15, 0.2) is 0 Å². The van der Waals surface area contributed by atoms with E-state index in [0.717, 1.165) is 0 Å². The highest BCUT2D eigenvalue weighted by Crippen LogP contribution is 1.72. The van der Waals surface area contributed by atoms with Gasteiger partial charge in [0.1, 0.15) is 0 Å². The highest BCUT2D eigenvalue weighted by atomic mass is 17.8. The summed E-state index contributed by atoms with van der Waals surface area (Å²) in [7, 11) is 0. The molecule has 0 aromatic carbocycles. The maximum absolute atomic E-state index is 4.48. The third-order valence-electron chi connectivity index (χ3n) is 0.319. The van der Waals surface area contributed by atoms with E-state index >= 15 is 0 Å². The minimum atomic E-state index is 0.633. The van der Waals surface area contributed by atoms with Crippen LogP contribution in [0.1, 0.15) is 13.8 Å². The number of rotatable bonds is 3. The molecule has 2 nitrogen and oxygen atoms in total. The van der Waals surface area contributed by atoms with Crippen molar-refractivity contribution in [2.24, 2.45) is 0 Å². The topological polar surface area (TPSA) is 18.5 Å². The molecule has 2 heteroatoms. The molecule has 0 aliphatic rings. The molecule has 0 saturated carbocycles. The molecule has 0 atom stereocenters. The zero-order valence-corrected chi connectivity index (χ0v) is 4.23. The Labute approximate surface area is 38.0 Å². The summed E-state index contributed by atoms with van der Waals surface area (Å²) in [6.45, 7) is 5.03. The van der Waals surface area contributed by atoms with Crippen LogP contribution in [0.5, 0.6) is 0 Å². The molecule has 0 aromatic heterocycles. The fraction of sp³-hybridized carbons (Fsp3) is 1.00. The molecular weight excluding hydrogens is 81.0 g/mol. The van der Waals surface area contributed by atoms with Gasteiger partial charge in [-0.3, -0.25) is 0 Å². The quantitative estimate of drug-likeness (QED) is 0.293. The standard InChI is InChI=1S/C4H10O2/c1-3-5-6-4-2/h3-4H2,1-2H3/i5+1. The van der Waals surface area contributed by atoms with E-state index in [1.165, 1.54) is 0 Å². The molecule has 0 saturated heterocycles. The molecule has 0 amide bonds. The van der Waals surface area contributed by atoms with Gasteiger partial charge in [-0.15, -0.1) is 0 Å². The molecule has 0 aliphatic carbocycles. The minimum absolute atomic E-state index is 0.633. The third-order valence-corrected chi connectivity index (χ3v) is 0.319. The normalized spacial score (nSPS) is 9.00. The Hall–Kier alpha value is -0.0800. The maximum atomic E-state index is 4.48. The Balaban J connectivity index is 2.34. The van der Waals surface area contributed by atoms with Gasteiger partial charge in [-0.05, 0) is 13.8 Å². The number of hydrogen-bond acceptors (Lipinski definition) is 2. The van der Waals surface area contributed by atoms with Crippen molar-refractivity contribution in [3.63, 3.8) is 0 Å². The lowest BCUT2D eigenvalue weighted by molar-refractivity contribution is -0.287. The molecule has 0 spiro atoms. The van der Waals surface area contributed by atoms with E-state index in [9.17, 15) is 0 Å². The summed E-state index contributed by atoms with van der Waals surface area (Å²) in [6, 6.07) is 0. The van der Waals surface area contributed by atoms with Gasteiger partial charge in [-0.2, -0.15) is 0 Å². The van der Waals surface area contributed by atoms with Gasteiger partial charge in [-0.25, -0.2) is 9.78 Å². The predicted molar refractivity (Wildman–Crippen MR) is 23.3 cm³/mol. The fourth-order valence-corrected chi connectivity index (χ4v) is 0.167. The lowest BCUT2D eigenvalue weighted by Gasteiger charge is -1.92. The largest absolute Gasteiger partial charge is 0.237 e. The molecule has 0 aliphatic heterocycles. The lowest BCUT2D eigenvalue weighted by Crippen LogP contribution is -1.90. The second-order valence-electron chi connectivity index (χ2n) is 0.813. The molecular formula is C4H10O2. The van der Waals surface area contributed by atoms with Crippen molar-refractivity contribution in [2.75, 3.05) is 13.2 Å². The molecule has 0 aromatic rings. The SMILES string of the molecule is CCO[17O]CC. The van der Waals surface area contributed by atoms with Crippen LogP contribution in [0.15, 0.2) is 0 Å². The van der Waals surface area contributed by atoms with Crippen LogP contribution in [0.4, 0.5) is 0 Å². The van der Waals surface area contributed by atoms with Gasteiger partial charge in [0.25, 0.3) is 0 Å². The van der Waals surface area contributed by atoms with E-state index in [-0.39, 0.29) is 0 Å². The fourth-order valence-electron chi connectivity index (χ4n) is 0.167. The van der Waals surface area contributed by atoms with Crippen molar-refractivity contribution in [2.45, 2.75) is 13.8 Å². The average molecular weight is 91.1 g/mol. The van der Waals surface area contributed by atoms with E-state index in [1.807, 2.05) is 13.8 Å². The van der Waals surface area contributed by atoms with Crippen molar-refractivity contribution in [1.82, 2.24) is 0 Å². The second-order valence-corrected chi connectivity index (χ2v) is 0.813. The Bertz CT molecular complexity index is 17.5. The molecule has 6 heavy (non-hydrogen) atoms. The van der Waals surface area contributed by atoms with Gasteiger partial charge in [0, 0.05) is 0 Å². The van der Waals surface area contributed by atoms with Crippen molar-refractivity contribution < 1.29 is 9.78 Å². The first-order valence-corrected chi connectivity index (χ1v) is 2.16. The van der Waals surface area contributed by atoms with Crippen LogP contribution in [-0.4, -0.2) is 13.2 Å². The van der Waals surface area contributed by atoms with Crippen LogP contribution in [0.2, 0.25) is 0 Å². The first-order valence-electron chi connectivity index (χ1n) is 2.16. The molecule has 0 fully saturated rings. The Morgan fingerprint density at radius 3 is 2.33 bits per heavy atom. The molecule has 0 heterocycles. The monoisotopic (exact) mass is 91.1 g/mol. The van der Waals surface area contributed by atoms with Crippen molar-refractivity contribution >= 4 is 0 Å². The molecule has 0 rings (SSSR count). The highest BCUT2D eigenvalue weighted by molar-refractivity contribution is 3.97. The van der Waals surface area contributed by atoms with E-state index in [1.54, 1.807) is 0 Å². The van der Waals surface area contributed by atoms with Crippen LogP contribution in [0, 0.1) is 0 Å². The minimum Gasteiger partial charge on any atom is -0.237 e. The summed E-state index contributed by atoms with van der Waals surface area (Å²) in [6.07, 6.45) is 0. The van der Waals surface area contributed by atoms with Gasteiger partial charge in [0.2, 0.25) is 0 Å². The second kappa shape index (κ2) is 4.92. The zero-order chi connectivity index (χ0) is 4.83. The molecule has 38 valence electrons. The summed E-state index contributed by atoms with van der Waals surface area (Å²) < 4.78 is 0. The van der Waals surface area contributed by atoms with E-state index in [0.29, 0.717) is 13.2 Å². The lowest BCUT2D eigenvalue weighted by atomic mass is 10.9. The van der Waals surface area contributed by atoms with Gasteiger partial charge >= 0.3 is 0 Å². The predicted octanol–water partition coefficient (Wildman–Crippen LogP) is 0.974. The van der Waals surface area contributed by atoms with E-state index in [2.05, 4.69) is 9.78 Å². The number of hydrogen-bond donors (Lipinski definition) is 0. The van der Waals surface area contributed by atoms with Crippen molar-refractivity contribution in [3.8, 4) is 0 Å². The molecule has 0 bridgehead atoms. The summed E-state index contributed by atoms with van der Waals surface area (Å²) in [5.74, 6) is 0. The van der Waals surface area contributed by atoms with Gasteiger partial charge in [0.05, 0.1) is 13.2 Å². The molecule has 0 unspecified atom stereocenters. The molecule has 0 N–H and O–H groups in total. The summed E-state index contributed by atoms with van der Waals surface area (Å²) in [4.78, 5) is 8.97. The average Bonchev–Trinajstić information content (AvgIpc) is 1.61. The van der Waals surface area contributed by atoms with Crippen LogP contribution in [-0.2, 0) is 9.78 Å².